The van der Waals surface area contributed by atoms with E-state index in [1.54, 1.807) is 24.8 Å². The van der Waals surface area contributed by atoms with E-state index in [4.69, 9.17) is 0 Å². The van der Waals surface area contributed by atoms with E-state index in [1.165, 1.54) is 11.1 Å². The van der Waals surface area contributed by atoms with Crippen molar-refractivity contribution in [1.82, 2.24) is 19.9 Å². The van der Waals surface area contributed by atoms with Crippen molar-refractivity contribution in [3.8, 4) is 0 Å². The number of hydrogen-bond donors (Lipinski definition) is 0. The first-order chi connectivity index (χ1) is 13.9. The lowest BCUT2D eigenvalue weighted by atomic mass is 9.51. The monoisotopic (exact) mass is 364 g/mol. The van der Waals surface area contributed by atoms with Crippen LogP contribution in [0.3, 0.4) is 0 Å². The molecule has 0 N–H and O–H groups in total. The lowest BCUT2D eigenvalue weighted by Gasteiger charge is -2.52. The van der Waals surface area contributed by atoms with Gasteiger partial charge < -0.3 is 0 Å². The number of benzene rings is 2. The van der Waals surface area contributed by atoms with Crippen molar-refractivity contribution in [3.63, 3.8) is 0 Å². The zero-order valence-electron chi connectivity index (χ0n) is 15.3. The molecule has 0 saturated heterocycles. The molecule has 0 amide bonds. The molecule has 28 heavy (non-hydrogen) atoms. The maximum atomic E-state index is 4.68. The molecule has 136 valence electrons. The first-order valence-corrected chi connectivity index (χ1v) is 9.55. The van der Waals surface area contributed by atoms with E-state index in [9.17, 15) is 0 Å². The fourth-order valence-corrected chi connectivity index (χ4v) is 4.63. The van der Waals surface area contributed by atoms with Crippen LogP contribution in [0.25, 0.3) is 0 Å². The third-order valence-corrected chi connectivity index (χ3v) is 5.77. The van der Waals surface area contributed by atoms with E-state index in [2.05, 4.69) is 80.6 Å². The molecule has 2 heterocycles. The lowest BCUT2D eigenvalue weighted by molar-refractivity contribution is 0.219. The quantitative estimate of drug-likeness (QED) is 0.526. The van der Waals surface area contributed by atoms with Crippen LogP contribution in [0.1, 0.15) is 46.2 Å². The predicted molar refractivity (Wildman–Crippen MR) is 108 cm³/mol. The first kappa shape index (κ1) is 16.8. The van der Waals surface area contributed by atoms with Crippen LogP contribution in [0.15, 0.2) is 97.8 Å². The van der Waals surface area contributed by atoms with Crippen LogP contribution in [-0.4, -0.2) is 19.9 Å². The summed E-state index contributed by atoms with van der Waals surface area (Å²) in [5.74, 6) is 1.04. The molecule has 0 radical (unpaired) electrons. The molecule has 2 aromatic heterocycles. The Morgan fingerprint density at radius 2 is 0.893 bits per heavy atom. The van der Waals surface area contributed by atoms with Gasteiger partial charge in [0.05, 0.1) is 11.4 Å². The summed E-state index contributed by atoms with van der Waals surface area (Å²) in [6.45, 7) is 0. The van der Waals surface area contributed by atoms with E-state index in [0.717, 1.165) is 11.4 Å². The Bertz CT molecular complexity index is 841. The van der Waals surface area contributed by atoms with Crippen LogP contribution in [0, 0.1) is 0 Å². The highest BCUT2D eigenvalue weighted by Crippen LogP contribution is 2.65. The summed E-state index contributed by atoms with van der Waals surface area (Å²) < 4.78 is 0. The van der Waals surface area contributed by atoms with Gasteiger partial charge in [0.15, 0.2) is 0 Å². The third-order valence-electron chi connectivity index (χ3n) is 5.77. The predicted octanol–water partition coefficient (Wildman–Crippen LogP) is 4.72. The van der Waals surface area contributed by atoms with Crippen LogP contribution in [0.4, 0.5) is 0 Å². The second kappa shape index (κ2) is 7.31. The average Bonchev–Trinajstić information content (AvgIpc) is 2.76. The van der Waals surface area contributed by atoms with Gasteiger partial charge in [-0.05, 0) is 11.1 Å². The van der Waals surface area contributed by atoms with Gasteiger partial charge in [-0.15, -0.1) is 0 Å². The van der Waals surface area contributed by atoms with Crippen LogP contribution in [0.5, 0.6) is 0 Å². The van der Waals surface area contributed by atoms with Crippen molar-refractivity contribution in [1.29, 1.82) is 0 Å². The Morgan fingerprint density at radius 3 is 1.25 bits per heavy atom. The summed E-state index contributed by atoms with van der Waals surface area (Å²) in [6, 6.07) is 21.4. The zero-order chi connectivity index (χ0) is 18.8. The molecule has 2 aromatic carbocycles. The van der Waals surface area contributed by atoms with Gasteiger partial charge in [0.25, 0.3) is 0 Å². The minimum atomic E-state index is 0.241. The van der Waals surface area contributed by atoms with Crippen molar-refractivity contribution in [2.75, 3.05) is 0 Å². The van der Waals surface area contributed by atoms with Gasteiger partial charge >= 0.3 is 0 Å². The average molecular weight is 364 g/mol. The number of nitrogens with zero attached hydrogens (tertiary/aromatic N) is 4. The molecule has 1 fully saturated rings. The largest absolute Gasteiger partial charge is 0.261 e. The Kier molecular flexibility index (Phi) is 4.37. The zero-order valence-corrected chi connectivity index (χ0v) is 15.3. The molecule has 0 atom stereocenters. The number of aromatic nitrogens is 4. The Balaban J connectivity index is 1.67. The van der Waals surface area contributed by atoms with Gasteiger partial charge in [-0.2, -0.15) is 0 Å². The number of rotatable bonds is 4. The molecule has 4 aromatic rings. The van der Waals surface area contributed by atoms with Gasteiger partial charge in [0, 0.05) is 60.9 Å². The van der Waals surface area contributed by atoms with Gasteiger partial charge in [0.1, 0.15) is 0 Å². The Morgan fingerprint density at radius 1 is 0.464 bits per heavy atom. The molecule has 1 saturated carbocycles. The molecule has 0 unspecified atom stereocenters. The molecular formula is C24H20N4. The molecule has 4 heteroatoms. The number of hydrogen-bond acceptors (Lipinski definition) is 4. The lowest BCUT2D eigenvalue weighted by Crippen LogP contribution is -2.41. The molecule has 4 nitrogen and oxygen atoms in total. The van der Waals surface area contributed by atoms with Crippen LogP contribution in [0.2, 0.25) is 0 Å². The SMILES string of the molecule is c1ccc([C@H]2[C@H](c3cnccn3)[C@H](c3ccccc3)[C@@H]2c2cnccn2)cc1. The molecular weight excluding hydrogens is 344 g/mol. The maximum absolute atomic E-state index is 4.68. The van der Waals surface area contributed by atoms with Gasteiger partial charge in [-0.1, -0.05) is 60.7 Å². The first-order valence-electron chi connectivity index (χ1n) is 9.55. The highest BCUT2D eigenvalue weighted by Gasteiger charge is 2.54. The van der Waals surface area contributed by atoms with Gasteiger partial charge in [-0.25, -0.2) is 0 Å². The van der Waals surface area contributed by atoms with Crippen molar-refractivity contribution in [2.45, 2.75) is 23.7 Å². The normalized spacial score (nSPS) is 23.7. The van der Waals surface area contributed by atoms with E-state index in [1.807, 2.05) is 12.4 Å². The molecule has 0 bridgehead atoms. The highest BCUT2D eigenvalue weighted by molar-refractivity contribution is 5.44. The van der Waals surface area contributed by atoms with E-state index in [0.29, 0.717) is 0 Å². The Labute approximate surface area is 164 Å². The summed E-state index contributed by atoms with van der Waals surface area (Å²) in [5.41, 5.74) is 4.68. The topological polar surface area (TPSA) is 51.6 Å². The van der Waals surface area contributed by atoms with Crippen molar-refractivity contribution in [3.05, 3.63) is 120 Å². The minimum absolute atomic E-state index is 0.241. The van der Waals surface area contributed by atoms with Crippen molar-refractivity contribution < 1.29 is 0 Å². The molecule has 5 rings (SSSR count). The van der Waals surface area contributed by atoms with Crippen molar-refractivity contribution >= 4 is 0 Å². The van der Waals surface area contributed by atoms with Crippen molar-refractivity contribution in [2.24, 2.45) is 0 Å². The highest BCUT2D eigenvalue weighted by atomic mass is 14.8. The second-order valence-electron chi connectivity index (χ2n) is 7.19. The van der Waals surface area contributed by atoms with Gasteiger partial charge in [-0.3, -0.25) is 19.9 Å². The standard InChI is InChI=1S/C24H20N4/c1-3-7-17(8-4-1)21-23(19-15-25-11-13-27-19)22(18-9-5-2-6-10-18)24(21)20-16-26-12-14-28-20/h1-16,21-24H/t21-,22-,23-,24+. The molecule has 0 aliphatic heterocycles. The summed E-state index contributed by atoms with van der Waals surface area (Å²) in [5, 5.41) is 0. The summed E-state index contributed by atoms with van der Waals surface area (Å²) in [4.78, 5) is 18.1. The van der Waals surface area contributed by atoms with Crippen LogP contribution < -0.4 is 0 Å². The summed E-state index contributed by atoms with van der Waals surface area (Å²) in [6.07, 6.45) is 10.9. The van der Waals surface area contributed by atoms with E-state index >= 15 is 0 Å². The second-order valence-corrected chi connectivity index (χ2v) is 7.19. The fraction of sp³-hybridized carbons (Fsp3) is 0.167. The van der Waals surface area contributed by atoms with E-state index in [-0.39, 0.29) is 23.7 Å². The summed E-state index contributed by atoms with van der Waals surface area (Å²) >= 11 is 0. The smallest absolute Gasteiger partial charge is 0.0630 e. The molecule has 1 aliphatic carbocycles. The van der Waals surface area contributed by atoms with Crippen LogP contribution in [-0.2, 0) is 0 Å². The minimum Gasteiger partial charge on any atom is -0.261 e. The summed E-state index contributed by atoms with van der Waals surface area (Å²) in [7, 11) is 0. The maximum Gasteiger partial charge on any atom is 0.0630 e. The van der Waals surface area contributed by atoms with Gasteiger partial charge in [0.2, 0.25) is 0 Å². The van der Waals surface area contributed by atoms with Crippen LogP contribution >= 0.6 is 0 Å². The van der Waals surface area contributed by atoms with E-state index < -0.39 is 0 Å². The Hall–Kier alpha value is -3.40. The molecule has 0 spiro atoms. The fourth-order valence-electron chi connectivity index (χ4n) is 4.63. The molecule has 1 aliphatic rings. The third kappa shape index (κ3) is 2.87.